The highest BCUT2D eigenvalue weighted by molar-refractivity contribution is 7.98. The Kier molecular flexibility index (Phi) is 3.35. The lowest BCUT2D eigenvalue weighted by Gasteiger charge is -2.30. The minimum Gasteiger partial charge on any atom is -0.294 e. The summed E-state index contributed by atoms with van der Waals surface area (Å²) >= 11 is 3.23. The molecule has 3 heterocycles. The number of ketones is 1. The van der Waals surface area contributed by atoms with Crippen LogP contribution < -0.4 is 0 Å². The lowest BCUT2D eigenvalue weighted by molar-refractivity contribution is 0.0905. The van der Waals surface area contributed by atoms with Gasteiger partial charge in [-0.25, -0.2) is 9.50 Å². The molecule has 0 N–H and O–H groups in total. The van der Waals surface area contributed by atoms with E-state index in [9.17, 15) is 4.79 Å². The van der Waals surface area contributed by atoms with Crippen molar-refractivity contribution in [3.8, 4) is 10.6 Å². The Morgan fingerprint density at radius 3 is 2.87 bits per heavy atom. The van der Waals surface area contributed by atoms with Gasteiger partial charge in [-0.2, -0.15) is 5.10 Å². The zero-order valence-corrected chi connectivity index (χ0v) is 14.9. The summed E-state index contributed by atoms with van der Waals surface area (Å²) in [6.45, 7) is 4.26. The van der Waals surface area contributed by atoms with Crippen molar-refractivity contribution in [3.63, 3.8) is 0 Å². The number of carbonyl (C=O) groups excluding carboxylic acids is 1. The number of hydrogen-bond acceptors (Lipinski definition) is 5. The fraction of sp³-hybridized carbons (Fsp3) is 0.353. The second-order valence-corrected chi connectivity index (χ2v) is 8.40. The van der Waals surface area contributed by atoms with Crippen LogP contribution in [0.4, 0.5) is 0 Å². The van der Waals surface area contributed by atoms with Gasteiger partial charge in [0.15, 0.2) is 11.4 Å². The molecular weight excluding hydrogens is 326 g/mol. The summed E-state index contributed by atoms with van der Waals surface area (Å²) in [7, 11) is 0. The number of thiophene rings is 1. The summed E-state index contributed by atoms with van der Waals surface area (Å²) in [4.78, 5) is 18.6. The van der Waals surface area contributed by atoms with Gasteiger partial charge in [0.25, 0.3) is 0 Å². The van der Waals surface area contributed by atoms with Gasteiger partial charge in [-0.05, 0) is 29.5 Å². The third-order valence-corrected chi connectivity index (χ3v) is 5.82. The van der Waals surface area contributed by atoms with E-state index in [0.29, 0.717) is 6.42 Å². The van der Waals surface area contributed by atoms with E-state index in [1.54, 1.807) is 23.1 Å². The number of fused-ring (bicyclic) bond motifs is 2. The first-order valence-electron chi connectivity index (χ1n) is 7.52. The molecule has 0 bridgehead atoms. The van der Waals surface area contributed by atoms with Gasteiger partial charge in [-0.1, -0.05) is 19.9 Å². The third-order valence-electron chi connectivity index (χ3n) is 4.17. The van der Waals surface area contributed by atoms with Crippen molar-refractivity contribution in [1.82, 2.24) is 14.6 Å². The summed E-state index contributed by atoms with van der Waals surface area (Å²) in [5.74, 6) is 0.183. The molecule has 1 aliphatic carbocycles. The lowest BCUT2D eigenvalue weighted by atomic mass is 9.76. The van der Waals surface area contributed by atoms with Crippen LogP contribution in [0.2, 0.25) is 0 Å². The molecule has 0 unspecified atom stereocenters. The van der Waals surface area contributed by atoms with E-state index in [1.807, 2.05) is 28.3 Å². The van der Waals surface area contributed by atoms with Crippen LogP contribution in [-0.4, -0.2) is 26.6 Å². The highest BCUT2D eigenvalue weighted by Crippen LogP contribution is 2.38. The van der Waals surface area contributed by atoms with E-state index >= 15 is 0 Å². The Labute approximate surface area is 142 Å². The summed E-state index contributed by atoms with van der Waals surface area (Å²) in [5.41, 5.74) is 3.39. The van der Waals surface area contributed by atoms with Crippen LogP contribution in [0.3, 0.4) is 0 Å². The standard InChI is InChI=1S/C17H17N3OS2/c1-17(2)8-11-15(12(21)9-17)16(22-3)20-14(18-11)7-10(19-20)13-5-4-6-23-13/h4-7H,8-9H2,1-3H3. The molecule has 6 heteroatoms. The molecule has 3 aromatic rings. The zero-order valence-electron chi connectivity index (χ0n) is 13.3. The number of rotatable bonds is 2. The van der Waals surface area contributed by atoms with E-state index < -0.39 is 0 Å². The summed E-state index contributed by atoms with van der Waals surface area (Å²) in [6.07, 6.45) is 3.39. The minimum atomic E-state index is -0.0261. The maximum absolute atomic E-state index is 12.7. The fourth-order valence-corrected chi connectivity index (χ4v) is 4.63. The Hall–Kier alpha value is -1.66. The maximum Gasteiger partial charge on any atom is 0.167 e. The highest BCUT2D eigenvalue weighted by Gasteiger charge is 2.35. The summed E-state index contributed by atoms with van der Waals surface area (Å²) in [6, 6.07) is 6.08. The number of carbonyl (C=O) groups is 1. The van der Waals surface area contributed by atoms with Crippen LogP contribution in [-0.2, 0) is 6.42 Å². The van der Waals surface area contributed by atoms with Crippen LogP contribution in [0.25, 0.3) is 16.2 Å². The molecule has 4 rings (SSSR count). The van der Waals surface area contributed by atoms with Gasteiger partial charge in [0.2, 0.25) is 0 Å². The molecule has 118 valence electrons. The van der Waals surface area contributed by atoms with Gasteiger partial charge >= 0.3 is 0 Å². The van der Waals surface area contributed by atoms with Crippen molar-refractivity contribution in [1.29, 1.82) is 0 Å². The van der Waals surface area contributed by atoms with Crippen molar-refractivity contribution in [3.05, 3.63) is 34.8 Å². The van der Waals surface area contributed by atoms with Gasteiger partial charge in [0.05, 0.1) is 16.1 Å². The SMILES string of the molecule is CSc1c2c(nc3cc(-c4cccs4)nn13)CC(C)(C)CC2=O. The van der Waals surface area contributed by atoms with E-state index in [0.717, 1.165) is 38.9 Å². The number of hydrogen-bond donors (Lipinski definition) is 0. The second kappa shape index (κ2) is 5.18. The van der Waals surface area contributed by atoms with Gasteiger partial charge in [-0.15, -0.1) is 23.1 Å². The van der Waals surface area contributed by atoms with Gasteiger partial charge in [-0.3, -0.25) is 4.79 Å². The molecule has 0 fully saturated rings. The Morgan fingerprint density at radius 1 is 1.35 bits per heavy atom. The van der Waals surface area contributed by atoms with Gasteiger partial charge in [0, 0.05) is 12.5 Å². The normalized spacial score (nSPS) is 16.7. The quantitative estimate of drug-likeness (QED) is 0.513. The molecule has 1 aliphatic rings. The highest BCUT2D eigenvalue weighted by atomic mass is 32.2. The molecule has 0 aromatic carbocycles. The Balaban J connectivity index is 1.98. The topological polar surface area (TPSA) is 47.3 Å². The van der Waals surface area contributed by atoms with Crippen molar-refractivity contribution < 1.29 is 4.79 Å². The van der Waals surface area contributed by atoms with Crippen molar-refractivity contribution in [2.24, 2.45) is 5.41 Å². The number of thioether (sulfide) groups is 1. The van der Waals surface area contributed by atoms with E-state index in [1.165, 1.54) is 0 Å². The molecule has 4 nitrogen and oxygen atoms in total. The fourth-order valence-electron chi connectivity index (χ4n) is 3.20. The first kappa shape index (κ1) is 14.9. The number of nitrogens with zero attached hydrogens (tertiary/aromatic N) is 3. The Bertz CT molecular complexity index is 910. The van der Waals surface area contributed by atoms with Crippen LogP contribution in [0, 0.1) is 5.41 Å². The second-order valence-electron chi connectivity index (χ2n) is 6.66. The monoisotopic (exact) mass is 343 g/mol. The molecular formula is C17H17N3OS2. The van der Waals surface area contributed by atoms with Crippen LogP contribution in [0.1, 0.15) is 36.3 Å². The van der Waals surface area contributed by atoms with Crippen LogP contribution in [0.5, 0.6) is 0 Å². The van der Waals surface area contributed by atoms with E-state index in [-0.39, 0.29) is 11.2 Å². The van der Waals surface area contributed by atoms with E-state index in [4.69, 9.17) is 10.1 Å². The first-order chi connectivity index (χ1) is 11.0. The summed E-state index contributed by atoms with van der Waals surface area (Å²) in [5, 5.41) is 7.65. The van der Waals surface area contributed by atoms with Crippen molar-refractivity contribution >= 4 is 34.5 Å². The molecule has 23 heavy (non-hydrogen) atoms. The van der Waals surface area contributed by atoms with Crippen molar-refractivity contribution in [2.45, 2.75) is 31.7 Å². The largest absolute Gasteiger partial charge is 0.294 e. The van der Waals surface area contributed by atoms with E-state index in [2.05, 4.69) is 19.9 Å². The zero-order chi connectivity index (χ0) is 16.2. The molecule has 0 saturated carbocycles. The van der Waals surface area contributed by atoms with Crippen LogP contribution >= 0.6 is 23.1 Å². The lowest BCUT2D eigenvalue weighted by Crippen LogP contribution is -2.29. The van der Waals surface area contributed by atoms with Crippen molar-refractivity contribution in [2.75, 3.05) is 6.26 Å². The molecule has 0 amide bonds. The molecule has 0 spiro atoms. The molecule has 0 aliphatic heterocycles. The average molecular weight is 343 g/mol. The first-order valence-corrected chi connectivity index (χ1v) is 9.63. The maximum atomic E-state index is 12.7. The summed E-state index contributed by atoms with van der Waals surface area (Å²) < 4.78 is 1.83. The molecule has 0 saturated heterocycles. The third kappa shape index (κ3) is 2.40. The predicted octanol–water partition coefficient (Wildman–Crippen LogP) is 4.33. The minimum absolute atomic E-state index is 0.0261. The molecule has 3 aromatic heterocycles. The molecule has 0 atom stereocenters. The Morgan fingerprint density at radius 2 is 2.17 bits per heavy atom. The average Bonchev–Trinajstić information content (AvgIpc) is 3.12. The van der Waals surface area contributed by atoms with Gasteiger partial charge in [0.1, 0.15) is 10.7 Å². The number of aromatic nitrogens is 3. The van der Waals surface area contributed by atoms with Crippen LogP contribution in [0.15, 0.2) is 28.6 Å². The van der Waals surface area contributed by atoms with Gasteiger partial charge < -0.3 is 0 Å². The number of Topliss-reactive ketones (excluding diaryl/α,β-unsaturated/α-hetero) is 1. The predicted molar refractivity (Wildman–Crippen MR) is 94.5 cm³/mol. The smallest absolute Gasteiger partial charge is 0.167 e. The molecule has 0 radical (unpaired) electrons.